The summed E-state index contributed by atoms with van der Waals surface area (Å²) in [5.41, 5.74) is 5.73. The number of unbranched alkanes of at least 4 members (excludes halogenated alkanes) is 2. The number of Topliss-reactive ketones (excluding diaryl/α,β-unsaturated/α-hetero) is 1. The van der Waals surface area contributed by atoms with Crippen molar-refractivity contribution in [3.8, 4) is 28.4 Å². The second-order valence-electron chi connectivity index (χ2n) is 8.93. The van der Waals surface area contributed by atoms with Crippen molar-refractivity contribution in [3.63, 3.8) is 0 Å². The fourth-order valence-corrected chi connectivity index (χ4v) is 4.29. The van der Waals surface area contributed by atoms with Gasteiger partial charge in [-0.25, -0.2) is 0 Å². The quantitative estimate of drug-likeness (QED) is 0.236. The average Bonchev–Trinajstić information content (AvgIpc) is 2.92. The molecule has 3 aromatic carbocycles. The number of methoxy groups -OCH3 is 2. The van der Waals surface area contributed by atoms with Gasteiger partial charge < -0.3 is 19.5 Å². The molecular formula is C31H39NO4. The van der Waals surface area contributed by atoms with Crippen LogP contribution in [0.1, 0.15) is 55.7 Å². The molecule has 0 atom stereocenters. The van der Waals surface area contributed by atoms with E-state index in [4.69, 9.17) is 14.2 Å². The van der Waals surface area contributed by atoms with E-state index in [-0.39, 0.29) is 0 Å². The lowest BCUT2D eigenvalue weighted by Crippen LogP contribution is -2.16. The summed E-state index contributed by atoms with van der Waals surface area (Å²) in [4.78, 5) is 11.4. The van der Waals surface area contributed by atoms with Crippen LogP contribution in [0.5, 0.6) is 17.2 Å². The predicted molar refractivity (Wildman–Crippen MR) is 146 cm³/mol. The lowest BCUT2D eigenvalue weighted by molar-refractivity contribution is -0.118. The van der Waals surface area contributed by atoms with E-state index in [2.05, 4.69) is 54.7 Å². The predicted octanol–water partition coefficient (Wildman–Crippen LogP) is 6.89. The first-order valence-corrected chi connectivity index (χ1v) is 12.8. The first-order chi connectivity index (χ1) is 17.6. The number of carbonyl (C=O) groups is 1. The number of rotatable bonds is 15. The maximum absolute atomic E-state index is 11.4. The number of benzene rings is 3. The van der Waals surface area contributed by atoms with Crippen LogP contribution in [0.25, 0.3) is 11.1 Å². The molecule has 1 N–H and O–H groups in total. The molecule has 0 heterocycles. The summed E-state index contributed by atoms with van der Waals surface area (Å²) in [6, 6.07) is 20.6. The first-order valence-electron chi connectivity index (χ1n) is 12.8. The van der Waals surface area contributed by atoms with E-state index in [0.717, 1.165) is 48.4 Å². The summed E-state index contributed by atoms with van der Waals surface area (Å²) in [7, 11) is 3.33. The minimum atomic E-state index is 0.346. The van der Waals surface area contributed by atoms with Gasteiger partial charge in [-0.1, -0.05) is 61.9 Å². The molecule has 0 aromatic heterocycles. The van der Waals surface area contributed by atoms with Crippen LogP contribution in [-0.4, -0.2) is 26.5 Å². The Labute approximate surface area is 215 Å². The molecule has 0 amide bonds. The first kappa shape index (κ1) is 27.3. The molecule has 3 aromatic rings. The van der Waals surface area contributed by atoms with E-state index < -0.39 is 0 Å². The van der Waals surface area contributed by atoms with E-state index in [1.165, 1.54) is 16.7 Å². The third-order valence-corrected chi connectivity index (χ3v) is 6.51. The zero-order chi connectivity index (χ0) is 25.8. The van der Waals surface area contributed by atoms with Gasteiger partial charge in [-0.15, -0.1) is 0 Å². The minimum Gasteiger partial charge on any atom is -0.496 e. The molecule has 0 aliphatic heterocycles. The van der Waals surface area contributed by atoms with Crippen molar-refractivity contribution >= 4 is 5.78 Å². The molecule has 0 saturated carbocycles. The van der Waals surface area contributed by atoms with Gasteiger partial charge in [-0.2, -0.15) is 0 Å². The highest BCUT2D eigenvalue weighted by molar-refractivity contribution is 5.77. The number of hydrogen-bond acceptors (Lipinski definition) is 5. The van der Waals surface area contributed by atoms with Crippen molar-refractivity contribution in [2.75, 3.05) is 20.8 Å². The zero-order valence-corrected chi connectivity index (χ0v) is 22.1. The monoisotopic (exact) mass is 489 g/mol. The molecule has 0 unspecified atom stereocenters. The molecule has 0 saturated heterocycles. The average molecular weight is 490 g/mol. The Morgan fingerprint density at radius 2 is 1.61 bits per heavy atom. The van der Waals surface area contributed by atoms with Crippen molar-refractivity contribution in [1.82, 2.24) is 5.32 Å². The molecule has 3 rings (SSSR count). The standard InChI is InChI=1S/C31H39NO4/c1-5-26(33)16-10-7-11-18-32-21-29-30(34-3)19-27(20-31(29)35-4)36-22-25-15-12-17-28(23(25)2)24-13-8-6-9-14-24/h6,8-9,12-15,17,19-20,32H,5,7,10-11,16,18,21-22H2,1-4H3. The third-order valence-electron chi connectivity index (χ3n) is 6.51. The van der Waals surface area contributed by atoms with E-state index in [1.807, 2.05) is 25.1 Å². The highest BCUT2D eigenvalue weighted by Gasteiger charge is 2.14. The van der Waals surface area contributed by atoms with Gasteiger partial charge in [0.25, 0.3) is 0 Å². The van der Waals surface area contributed by atoms with Gasteiger partial charge in [0.2, 0.25) is 0 Å². The Balaban J connectivity index is 1.61. The number of hydrogen-bond donors (Lipinski definition) is 1. The molecule has 0 aliphatic rings. The second kappa shape index (κ2) is 14.3. The number of nitrogens with one attached hydrogen (secondary N) is 1. The lowest BCUT2D eigenvalue weighted by atomic mass is 9.97. The Morgan fingerprint density at radius 3 is 2.28 bits per heavy atom. The Bertz CT molecular complexity index is 1090. The Kier molecular flexibility index (Phi) is 10.8. The van der Waals surface area contributed by atoms with Crippen molar-refractivity contribution in [2.45, 2.75) is 59.1 Å². The van der Waals surface area contributed by atoms with Gasteiger partial charge in [0.05, 0.1) is 19.8 Å². The van der Waals surface area contributed by atoms with E-state index in [1.54, 1.807) is 14.2 Å². The van der Waals surface area contributed by atoms with Crippen molar-refractivity contribution in [2.24, 2.45) is 0 Å². The summed E-state index contributed by atoms with van der Waals surface area (Å²) in [5.74, 6) is 2.52. The number of ether oxygens (including phenoxy) is 3. The third kappa shape index (κ3) is 7.59. The number of ketones is 1. The molecule has 192 valence electrons. The van der Waals surface area contributed by atoms with E-state index in [0.29, 0.717) is 37.5 Å². The molecule has 5 nitrogen and oxygen atoms in total. The smallest absolute Gasteiger partial charge is 0.132 e. The van der Waals surface area contributed by atoms with Gasteiger partial charge >= 0.3 is 0 Å². The molecule has 0 spiro atoms. The Hall–Kier alpha value is -3.31. The second-order valence-corrected chi connectivity index (χ2v) is 8.93. The van der Waals surface area contributed by atoms with Gasteiger partial charge in [0, 0.05) is 31.5 Å². The van der Waals surface area contributed by atoms with Crippen LogP contribution in [0.4, 0.5) is 0 Å². The molecular weight excluding hydrogens is 450 g/mol. The van der Waals surface area contributed by atoms with Crippen molar-refractivity contribution in [3.05, 3.63) is 77.4 Å². The zero-order valence-electron chi connectivity index (χ0n) is 22.1. The van der Waals surface area contributed by atoms with Gasteiger partial charge in [0.15, 0.2) is 0 Å². The van der Waals surface area contributed by atoms with Crippen LogP contribution in [0.2, 0.25) is 0 Å². The summed E-state index contributed by atoms with van der Waals surface area (Å²) in [6.45, 7) is 6.03. The molecule has 0 fully saturated rings. The van der Waals surface area contributed by atoms with Crippen LogP contribution in [0, 0.1) is 6.92 Å². The molecule has 0 radical (unpaired) electrons. The maximum Gasteiger partial charge on any atom is 0.132 e. The van der Waals surface area contributed by atoms with Crippen LogP contribution >= 0.6 is 0 Å². The summed E-state index contributed by atoms with van der Waals surface area (Å²) < 4.78 is 17.6. The minimum absolute atomic E-state index is 0.346. The fourth-order valence-electron chi connectivity index (χ4n) is 4.29. The topological polar surface area (TPSA) is 56.8 Å². The number of carbonyl (C=O) groups excluding carboxylic acids is 1. The highest BCUT2D eigenvalue weighted by Crippen LogP contribution is 2.35. The lowest BCUT2D eigenvalue weighted by Gasteiger charge is -2.17. The molecule has 0 aliphatic carbocycles. The van der Waals surface area contributed by atoms with Crippen LogP contribution in [-0.2, 0) is 17.9 Å². The SMILES string of the molecule is CCC(=O)CCCCCNCc1c(OC)cc(OCc2cccc(-c3ccccc3)c2C)cc1OC. The summed E-state index contributed by atoms with van der Waals surface area (Å²) in [5, 5.41) is 3.47. The van der Waals surface area contributed by atoms with Gasteiger partial charge in [-0.3, -0.25) is 4.79 Å². The molecule has 0 bridgehead atoms. The van der Waals surface area contributed by atoms with Crippen LogP contribution < -0.4 is 19.5 Å². The van der Waals surface area contributed by atoms with Crippen molar-refractivity contribution < 1.29 is 19.0 Å². The molecule has 5 heteroatoms. The molecule has 36 heavy (non-hydrogen) atoms. The van der Waals surface area contributed by atoms with Crippen LogP contribution in [0.15, 0.2) is 60.7 Å². The largest absolute Gasteiger partial charge is 0.496 e. The summed E-state index contributed by atoms with van der Waals surface area (Å²) >= 11 is 0. The van der Waals surface area contributed by atoms with E-state index in [9.17, 15) is 4.79 Å². The highest BCUT2D eigenvalue weighted by atomic mass is 16.5. The van der Waals surface area contributed by atoms with E-state index >= 15 is 0 Å². The Morgan fingerprint density at radius 1 is 0.889 bits per heavy atom. The van der Waals surface area contributed by atoms with Crippen LogP contribution in [0.3, 0.4) is 0 Å². The van der Waals surface area contributed by atoms with Gasteiger partial charge in [0.1, 0.15) is 29.6 Å². The van der Waals surface area contributed by atoms with Gasteiger partial charge in [-0.05, 0) is 48.6 Å². The normalized spacial score (nSPS) is 10.8. The fraction of sp³-hybridized carbons (Fsp3) is 0.387. The summed E-state index contributed by atoms with van der Waals surface area (Å²) in [6.07, 6.45) is 4.36. The van der Waals surface area contributed by atoms with Crippen molar-refractivity contribution in [1.29, 1.82) is 0 Å². The maximum atomic E-state index is 11.4.